The van der Waals surface area contributed by atoms with Gasteiger partial charge in [0.05, 0.1) is 6.61 Å². The van der Waals surface area contributed by atoms with Crippen molar-refractivity contribution in [3.63, 3.8) is 0 Å². The minimum atomic E-state index is -4.09. The Bertz CT molecular complexity index is 547. The SMILES string of the molecule is O=S(=O)(c1cc(F)ccc1F)N1CCC[C@H]1CO. The molecule has 100 valence electrons. The van der Waals surface area contributed by atoms with Crippen molar-refractivity contribution in [1.29, 1.82) is 0 Å². The zero-order valence-corrected chi connectivity index (χ0v) is 10.3. The highest BCUT2D eigenvalue weighted by molar-refractivity contribution is 7.89. The van der Waals surface area contributed by atoms with Gasteiger partial charge in [-0.2, -0.15) is 4.31 Å². The van der Waals surface area contributed by atoms with Gasteiger partial charge in [0, 0.05) is 12.6 Å². The van der Waals surface area contributed by atoms with Crippen molar-refractivity contribution >= 4 is 10.0 Å². The second-order valence-electron chi connectivity index (χ2n) is 4.17. The Hall–Kier alpha value is -1.05. The second-order valence-corrected chi connectivity index (χ2v) is 6.03. The zero-order chi connectivity index (χ0) is 13.3. The normalized spacial score (nSPS) is 21.4. The Balaban J connectivity index is 2.45. The fraction of sp³-hybridized carbons (Fsp3) is 0.455. The fourth-order valence-electron chi connectivity index (χ4n) is 2.11. The summed E-state index contributed by atoms with van der Waals surface area (Å²) < 4.78 is 52.0. The minimum absolute atomic E-state index is 0.212. The van der Waals surface area contributed by atoms with E-state index >= 15 is 0 Å². The van der Waals surface area contributed by atoms with Crippen LogP contribution in [-0.4, -0.2) is 37.0 Å². The zero-order valence-electron chi connectivity index (χ0n) is 9.51. The Morgan fingerprint density at radius 2 is 2.11 bits per heavy atom. The van der Waals surface area contributed by atoms with Crippen molar-refractivity contribution in [2.75, 3.05) is 13.2 Å². The third kappa shape index (κ3) is 2.25. The number of hydrogen-bond donors (Lipinski definition) is 1. The third-order valence-corrected chi connectivity index (χ3v) is 4.98. The van der Waals surface area contributed by atoms with Gasteiger partial charge in [0.15, 0.2) is 0 Å². The standard InChI is InChI=1S/C11H13F2NO3S/c12-8-3-4-10(13)11(6-8)18(16,17)14-5-1-2-9(14)7-15/h3-4,6,9,15H,1-2,5,7H2/t9-/m0/s1. The minimum Gasteiger partial charge on any atom is -0.395 e. The van der Waals surface area contributed by atoms with Crippen LogP contribution in [0.1, 0.15) is 12.8 Å². The van der Waals surface area contributed by atoms with Gasteiger partial charge >= 0.3 is 0 Å². The van der Waals surface area contributed by atoms with Gasteiger partial charge in [0.1, 0.15) is 16.5 Å². The molecule has 1 atom stereocenters. The molecule has 1 N–H and O–H groups in total. The van der Waals surface area contributed by atoms with Gasteiger partial charge in [-0.3, -0.25) is 0 Å². The Morgan fingerprint density at radius 1 is 1.39 bits per heavy atom. The topological polar surface area (TPSA) is 57.6 Å². The van der Waals surface area contributed by atoms with E-state index in [-0.39, 0.29) is 13.2 Å². The van der Waals surface area contributed by atoms with Gasteiger partial charge < -0.3 is 5.11 Å². The predicted octanol–water partition coefficient (Wildman–Crippen LogP) is 1.11. The average Bonchev–Trinajstić information content (AvgIpc) is 2.81. The maximum atomic E-state index is 13.5. The van der Waals surface area contributed by atoms with E-state index in [4.69, 9.17) is 5.11 Å². The maximum absolute atomic E-state index is 13.5. The van der Waals surface area contributed by atoms with E-state index in [2.05, 4.69) is 0 Å². The summed E-state index contributed by atoms with van der Waals surface area (Å²) in [6.07, 6.45) is 1.12. The van der Waals surface area contributed by atoms with Crippen LogP contribution in [-0.2, 0) is 10.0 Å². The molecule has 0 aliphatic carbocycles. The number of aliphatic hydroxyl groups excluding tert-OH is 1. The van der Waals surface area contributed by atoms with E-state index in [0.29, 0.717) is 18.9 Å². The van der Waals surface area contributed by atoms with Crippen molar-refractivity contribution in [2.24, 2.45) is 0 Å². The number of hydrogen-bond acceptors (Lipinski definition) is 3. The molecule has 0 bridgehead atoms. The lowest BCUT2D eigenvalue weighted by Gasteiger charge is -2.22. The summed E-state index contributed by atoms with van der Waals surface area (Å²) in [7, 11) is -4.09. The summed E-state index contributed by atoms with van der Waals surface area (Å²) in [6.45, 7) is -0.111. The first-order chi connectivity index (χ1) is 8.46. The molecular formula is C11H13F2NO3S. The molecule has 7 heteroatoms. The number of rotatable bonds is 3. The second kappa shape index (κ2) is 4.91. The fourth-order valence-corrected chi connectivity index (χ4v) is 3.87. The van der Waals surface area contributed by atoms with E-state index in [1.165, 1.54) is 0 Å². The number of nitrogens with zero attached hydrogens (tertiary/aromatic N) is 1. The van der Waals surface area contributed by atoms with Crippen LogP contribution in [0, 0.1) is 11.6 Å². The van der Waals surface area contributed by atoms with Gasteiger partial charge in [-0.25, -0.2) is 17.2 Å². The molecule has 0 aromatic heterocycles. The van der Waals surface area contributed by atoms with Crippen LogP contribution in [0.2, 0.25) is 0 Å². The molecule has 1 aromatic rings. The average molecular weight is 277 g/mol. The lowest BCUT2D eigenvalue weighted by Crippen LogP contribution is -2.38. The molecule has 1 heterocycles. The van der Waals surface area contributed by atoms with Gasteiger partial charge in [0.25, 0.3) is 0 Å². The Kier molecular flexibility index (Phi) is 3.65. The molecule has 2 rings (SSSR count). The summed E-state index contributed by atoms with van der Waals surface area (Å²) in [5.74, 6) is -1.80. The Morgan fingerprint density at radius 3 is 2.78 bits per heavy atom. The summed E-state index contributed by atoms with van der Waals surface area (Å²) in [5.41, 5.74) is 0. The van der Waals surface area contributed by atoms with Crippen LogP contribution >= 0.6 is 0 Å². The summed E-state index contributed by atoms with van der Waals surface area (Å²) in [4.78, 5) is -0.678. The summed E-state index contributed by atoms with van der Waals surface area (Å²) in [6, 6.07) is 1.75. The monoisotopic (exact) mass is 277 g/mol. The van der Waals surface area contributed by atoms with Crippen molar-refractivity contribution in [3.05, 3.63) is 29.8 Å². The quantitative estimate of drug-likeness (QED) is 0.900. The highest BCUT2D eigenvalue weighted by Gasteiger charge is 2.36. The summed E-state index contributed by atoms with van der Waals surface area (Å²) in [5, 5.41) is 9.10. The molecular weight excluding hydrogens is 264 g/mol. The third-order valence-electron chi connectivity index (χ3n) is 3.01. The van der Waals surface area contributed by atoms with Crippen LogP contribution in [0.15, 0.2) is 23.1 Å². The van der Waals surface area contributed by atoms with Crippen molar-refractivity contribution < 1.29 is 22.3 Å². The molecule has 1 aliphatic heterocycles. The molecule has 4 nitrogen and oxygen atoms in total. The molecule has 0 unspecified atom stereocenters. The lowest BCUT2D eigenvalue weighted by molar-refractivity contribution is 0.213. The number of sulfonamides is 1. The first-order valence-corrected chi connectivity index (χ1v) is 6.98. The van der Waals surface area contributed by atoms with E-state index in [1.807, 2.05) is 0 Å². The molecule has 0 amide bonds. The Labute approximate surface area is 104 Å². The molecule has 1 aromatic carbocycles. The molecule has 0 spiro atoms. The van der Waals surface area contributed by atoms with E-state index in [1.54, 1.807) is 0 Å². The van der Waals surface area contributed by atoms with Crippen LogP contribution in [0.25, 0.3) is 0 Å². The van der Waals surface area contributed by atoms with Gasteiger partial charge in [-0.05, 0) is 31.0 Å². The maximum Gasteiger partial charge on any atom is 0.246 e. The summed E-state index contributed by atoms with van der Waals surface area (Å²) >= 11 is 0. The highest BCUT2D eigenvalue weighted by Crippen LogP contribution is 2.27. The van der Waals surface area contributed by atoms with Crippen molar-refractivity contribution in [3.8, 4) is 0 Å². The van der Waals surface area contributed by atoms with Gasteiger partial charge in [0.2, 0.25) is 10.0 Å². The molecule has 1 fully saturated rings. The van der Waals surface area contributed by atoms with Crippen LogP contribution in [0.5, 0.6) is 0 Å². The molecule has 18 heavy (non-hydrogen) atoms. The first-order valence-electron chi connectivity index (χ1n) is 5.54. The van der Waals surface area contributed by atoms with Crippen molar-refractivity contribution in [1.82, 2.24) is 4.31 Å². The highest BCUT2D eigenvalue weighted by atomic mass is 32.2. The molecule has 1 aliphatic rings. The van der Waals surface area contributed by atoms with E-state index in [0.717, 1.165) is 16.4 Å². The largest absolute Gasteiger partial charge is 0.395 e. The number of benzene rings is 1. The molecule has 0 radical (unpaired) electrons. The van der Waals surface area contributed by atoms with Crippen LogP contribution in [0.4, 0.5) is 8.78 Å². The van der Waals surface area contributed by atoms with Crippen molar-refractivity contribution in [2.45, 2.75) is 23.8 Å². The van der Waals surface area contributed by atoms with E-state index < -0.39 is 32.6 Å². The van der Waals surface area contributed by atoms with Gasteiger partial charge in [-0.1, -0.05) is 0 Å². The molecule has 1 saturated heterocycles. The van der Waals surface area contributed by atoms with Crippen LogP contribution in [0.3, 0.4) is 0 Å². The predicted molar refractivity (Wildman–Crippen MR) is 60.4 cm³/mol. The van der Waals surface area contributed by atoms with Gasteiger partial charge in [-0.15, -0.1) is 0 Å². The smallest absolute Gasteiger partial charge is 0.246 e. The first kappa shape index (κ1) is 13.4. The number of halogens is 2. The van der Waals surface area contributed by atoms with Crippen LogP contribution < -0.4 is 0 Å². The number of aliphatic hydroxyl groups is 1. The molecule has 0 saturated carbocycles. The lowest BCUT2D eigenvalue weighted by atomic mass is 10.2. The van der Waals surface area contributed by atoms with E-state index in [9.17, 15) is 17.2 Å².